The molecule has 3 rings (SSSR count). The Morgan fingerprint density at radius 3 is 3.07 bits per heavy atom. The quantitative estimate of drug-likeness (QED) is 0.644. The van der Waals surface area contributed by atoms with E-state index in [-0.39, 0.29) is 0 Å². The summed E-state index contributed by atoms with van der Waals surface area (Å²) in [6, 6.07) is 11.0. The van der Waals surface area contributed by atoms with Gasteiger partial charge >= 0.3 is 0 Å². The van der Waals surface area contributed by atoms with Crippen LogP contribution in [0.5, 0.6) is 5.75 Å². The Labute approximate surface area is 89.1 Å². The van der Waals surface area contributed by atoms with Crippen LogP contribution in [0.3, 0.4) is 0 Å². The van der Waals surface area contributed by atoms with Crippen LogP contribution in [0.4, 0.5) is 0 Å². The second-order valence-electron chi connectivity index (χ2n) is 3.98. The molecule has 1 atom stereocenters. The van der Waals surface area contributed by atoms with Gasteiger partial charge in [-0.05, 0) is 18.2 Å². The molecule has 1 aliphatic heterocycles. The van der Waals surface area contributed by atoms with Crippen LogP contribution in [-0.2, 0) is 0 Å². The molecule has 2 heterocycles. The lowest BCUT2D eigenvalue weighted by Gasteiger charge is -2.19. The van der Waals surface area contributed by atoms with Gasteiger partial charge in [0.25, 0.3) is 5.52 Å². The summed E-state index contributed by atoms with van der Waals surface area (Å²) in [5.74, 6) is 1.01. The standard InChI is InChI=1S/C13H14NO/c1-2-11-9-15-12-7-3-5-10-6-4-8-14(11)13(10)12/h3-8,11H,2,9H2,1H3/q+1. The van der Waals surface area contributed by atoms with Gasteiger partial charge < -0.3 is 4.74 Å². The number of hydrogen-bond acceptors (Lipinski definition) is 1. The van der Waals surface area contributed by atoms with Crippen LogP contribution in [0.25, 0.3) is 10.9 Å². The third kappa shape index (κ3) is 1.21. The van der Waals surface area contributed by atoms with Crippen LogP contribution >= 0.6 is 0 Å². The molecule has 2 aromatic rings. The van der Waals surface area contributed by atoms with Crippen LogP contribution in [0.2, 0.25) is 0 Å². The maximum atomic E-state index is 5.78. The van der Waals surface area contributed by atoms with Gasteiger partial charge in [-0.1, -0.05) is 13.0 Å². The number of nitrogens with zero attached hydrogens (tertiary/aromatic N) is 1. The highest BCUT2D eigenvalue weighted by Crippen LogP contribution is 2.27. The maximum absolute atomic E-state index is 5.78. The molecule has 0 aliphatic carbocycles. The van der Waals surface area contributed by atoms with Gasteiger partial charge in [0.1, 0.15) is 0 Å². The molecule has 2 heteroatoms. The molecule has 0 amide bonds. The average Bonchev–Trinajstić information content (AvgIpc) is 2.30. The third-order valence-electron chi connectivity index (χ3n) is 3.11. The molecule has 0 radical (unpaired) electrons. The molecule has 0 fully saturated rings. The first kappa shape index (κ1) is 8.72. The van der Waals surface area contributed by atoms with Crippen molar-refractivity contribution in [3.63, 3.8) is 0 Å². The van der Waals surface area contributed by atoms with Gasteiger partial charge in [-0.3, -0.25) is 0 Å². The zero-order valence-corrected chi connectivity index (χ0v) is 8.81. The number of rotatable bonds is 1. The fraction of sp³-hybridized carbons (Fsp3) is 0.308. The Morgan fingerprint density at radius 1 is 1.33 bits per heavy atom. The highest BCUT2D eigenvalue weighted by atomic mass is 16.5. The monoisotopic (exact) mass is 200 g/mol. The van der Waals surface area contributed by atoms with Crippen LogP contribution in [0.1, 0.15) is 19.4 Å². The van der Waals surface area contributed by atoms with Gasteiger partial charge in [0.05, 0.1) is 5.39 Å². The van der Waals surface area contributed by atoms with E-state index in [0.29, 0.717) is 6.04 Å². The molecule has 1 aromatic heterocycles. The maximum Gasteiger partial charge on any atom is 0.255 e. The Kier molecular flexibility index (Phi) is 1.88. The Morgan fingerprint density at radius 2 is 2.20 bits per heavy atom. The number of para-hydroxylation sites is 1. The van der Waals surface area contributed by atoms with Gasteiger partial charge in [-0.25, -0.2) is 0 Å². The van der Waals surface area contributed by atoms with Crippen LogP contribution in [0, 0.1) is 0 Å². The number of hydrogen-bond donors (Lipinski definition) is 0. The summed E-state index contributed by atoms with van der Waals surface area (Å²) in [6.07, 6.45) is 3.26. The predicted octanol–water partition coefficient (Wildman–Crippen LogP) is 2.47. The smallest absolute Gasteiger partial charge is 0.255 e. The van der Waals surface area contributed by atoms with E-state index >= 15 is 0 Å². The minimum atomic E-state index is 0.476. The fourth-order valence-corrected chi connectivity index (χ4v) is 2.27. The fourth-order valence-electron chi connectivity index (χ4n) is 2.27. The first-order chi connectivity index (χ1) is 7.40. The predicted molar refractivity (Wildman–Crippen MR) is 59.0 cm³/mol. The van der Waals surface area contributed by atoms with Gasteiger partial charge in [0.2, 0.25) is 0 Å². The van der Waals surface area contributed by atoms with Crippen molar-refractivity contribution in [1.82, 2.24) is 0 Å². The van der Waals surface area contributed by atoms with Gasteiger partial charge in [-0.15, -0.1) is 0 Å². The Balaban J connectivity index is 2.36. The first-order valence-electron chi connectivity index (χ1n) is 5.46. The van der Waals surface area contributed by atoms with Crippen LogP contribution < -0.4 is 9.30 Å². The highest BCUT2D eigenvalue weighted by Gasteiger charge is 2.27. The Bertz CT molecular complexity index is 502. The molecule has 0 saturated carbocycles. The molecule has 0 bridgehead atoms. The zero-order chi connectivity index (χ0) is 10.3. The molecule has 1 aromatic carbocycles. The van der Waals surface area contributed by atoms with Crippen molar-refractivity contribution >= 4 is 10.9 Å². The van der Waals surface area contributed by atoms with E-state index < -0.39 is 0 Å². The summed E-state index contributed by atoms with van der Waals surface area (Å²) in [5, 5.41) is 1.26. The van der Waals surface area contributed by atoms with E-state index in [1.54, 1.807) is 0 Å². The molecule has 15 heavy (non-hydrogen) atoms. The van der Waals surface area contributed by atoms with Crippen molar-refractivity contribution in [2.45, 2.75) is 19.4 Å². The molecule has 1 aliphatic rings. The van der Waals surface area contributed by atoms with Crippen molar-refractivity contribution in [2.24, 2.45) is 0 Å². The van der Waals surface area contributed by atoms with Crippen molar-refractivity contribution < 1.29 is 9.30 Å². The van der Waals surface area contributed by atoms with Crippen molar-refractivity contribution in [3.05, 3.63) is 36.5 Å². The summed E-state index contributed by atoms with van der Waals surface area (Å²) >= 11 is 0. The van der Waals surface area contributed by atoms with Crippen molar-refractivity contribution in [2.75, 3.05) is 6.61 Å². The van der Waals surface area contributed by atoms with E-state index in [1.165, 1.54) is 10.9 Å². The second-order valence-corrected chi connectivity index (χ2v) is 3.98. The third-order valence-corrected chi connectivity index (χ3v) is 3.11. The largest absolute Gasteiger partial charge is 0.480 e. The topological polar surface area (TPSA) is 13.1 Å². The first-order valence-corrected chi connectivity index (χ1v) is 5.46. The van der Waals surface area contributed by atoms with E-state index in [2.05, 4.69) is 35.9 Å². The van der Waals surface area contributed by atoms with E-state index in [9.17, 15) is 0 Å². The molecular formula is C13H14NO+. The lowest BCUT2D eigenvalue weighted by molar-refractivity contribution is -0.704. The van der Waals surface area contributed by atoms with Gasteiger partial charge in [0.15, 0.2) is 24.6 Å². The van der Waals surface area contributed by atoms with E-state index in [4.69, 9.17) is 4.74 Å². The van der Waals surface area contributed by atoms with E-state index in [1.807, 2.05) is 12.1 Å². The summed E-state index contributed by atoms with van der Waals surface area (Å²) in [7, 11) is 0. The molecule has 0 N–H and O–H groups in total. The molecule has 0 spiro atoms. The van der Waals surface area contributed by atoms with Crippen LogP contribution in [-0.4, -0.2) is 6.61 Å². The normalized spacial score (nSPS) is 18.9. The Hall–Kier alpha value is -1.57. The average molecular weight is 200 g/mol. The van der Waals surface area contributed by atoms with Crippen molar-refractivity contribution in [3.8, 4) is 5.75 Å². The minimum Gasteiger partial charge on any atom is -0.480 e. The molecule has 76 valence electrons. The van der Waals surface area contributed by atoms with Crippen molar-refractivity contribution in [1.29, 1.82) is 0 Å². The zero-order valence-electron chi connectivity index (χ0n) is 8.81. The number of ether oxygens (including phenoxy) is 1. The van der Waals surface area contributed by atoms with Gasteiger partial charge in [-0.2, -0.15) is 4.57 Å². The summed E-state index contributed by atoms with van der Waals surface area (Å²) in [6.45, 7) is 2.99. The number of benzene rings is 1. The molecule has 1 unspecified atom stereocenters. The molecule has 2 nitrogen and oxygen atoms in total. The van der Waals surface area contributed by atoms with Gasteiger partial charge in [0, 0.05) is 12.5 Å². The second kappa shape index (κ2) is 3.23. The van der Waals surface area contributed by atoms with Crippen LogP contribution in [0.15, 0.2) is 36.5 Å². The summed E-state index contributed by atoms with van der Waals surface area (Å²) < 4.78 is 8.12. The highest BCUT2D eigenvalue weighted by molar-refractivity contribution is 5.81. The summed E-state index contributed by atoms with van der Waals surface area (Å²) in [4.78, 5) is 0. The SMILES string of the molecule is CCC1COc2cccc3ccc[n+]1c23. The van der Waals surface area contributed by atoms with E-state index in [0.717, 1.165) is 18.8 Å². The molecular weight excluding hydrogens is 186 g/mol. The minimum absolute atomic E-state index is 0.476. The lowest BCUT2D eigenvalue weighted by atomic mass is 10.1. The number of pyridine rings is 1. The lowest BCUT2D eigenvalue weighted by Crippen LogP contribution is -2.45. The molecule has 0 saturated heterocycles. The summed E-state index contributed by atoms with van der Waals surface area (Å²) in [5.41, 5.74) is 1.23. The number of aromatic nitrogens is 1.